The largest absolute Gasteiger partial charge is 0.480 e. The smallest absolute Gasteiger partial charge is 0.317 e. The summed E-state index contributed by atoms with van der Waals surface area (Å²) in [5.41, 5.74) is 1.04. The first-order valence-electron chi connectivity index (χ1n) is 4.71. The van der Waals surface area contributed by atoms with E-state index in [1.807, 2.05) is 13.0 Å². The van der Waals surface area contributed by atoms with Crippen molar-refractivity contribution in [2.24, 2.45) is 0 Å². The molecule has 1 aromatic heterocycles. The van der Waals surface area contributed by atoms with Gasteiger partial charge in [-0.05, 0) is 18.6 Å². The number of aliphatic carboxylic acids is 1. The maximum Gasteiger partial charge on any atom is 0.317 e. The molecule has 0 spiro atoms. The highest BCUT2D eigenvalue weighted by atomic mass is 16.4. The molecule has 0 bridgehead atoms. The number of furan rings is 1. The normalized spacial score (nSPS) is 10.5. The van der Waals surface area contributed by atoms with Gasteiger partial charge in [0.1, 0.15) is 5.76 Å². The molecule has 0 aliphatic carbocycles. The van der Waals surface area contributed by atoms with Gasteiger partial charge in [-0.1, -0.05) is 6.08 Å². The van der Waals surface area contributed by atoms with E-state index in [-0.39, 0.29) is 6.54 Å². The minimum absolute atomic E-state index is 0.00778. The molecule has 0 fully saturated rings. The zero-order valence-electron chi connectivity index (χ0n) is 8.77. The van der Waals surface area contributed by atoms with Crippen LogP contribution in [0.25, 0.3) is 0 Å². The summed E-state index contributed by atoms with van der Waals surface area (Å²) >= 11 is 0. The fraction of sp³-hybridized carbons (Fsp3) is 0.364. The number of nitrogens with zero attached hydrogens (tertiary/aromatic N) is 1. The summed E-state index contributed by atoms with van der Waals surface area (Å²) in [5.74, 6) is -0.0424. The van der Waals surface area contributed by atoms with Crippen molar-refractivity contribution in [1.29, 1.82) is 0 Å². The number of aryl methyl sites for hydroxylation is 1. The molecule has 4 heteroatoms. The molecule has 0 aromatic carbocycles. The van der Waals surface area contributed by atoms with E-state index < -0.39 is 5.97 Å². The number of rotatable bonds is 6. The van der Waals surface area contributed by atoms with Gasteiger partial charge in [-0.2, -0.15) is 0 Å². The molecule has 0 aliphatic heterocycles. The fourth-order valence-electron chi connectivity index (χ4n) is 1.33. The Kier molecular flexibility index (Phi) is 4.12. The highest BCUT2D eigenvalue weighted by Crippen LogP contribution is 2.11. The molecular formula is C11H15NO3. The number of hydrogen-bond donors (Lipinski definition) is 1. The van der Waals surface area contributed by atoms with Gasteiger partial charge < -0.3 is 9.52 Å². The lowest BCUT2D eigenvalue weighted by atomic mass is 10.2. The summed E-state index contributed by atoms with van der Waals surface area (Å²) < 4.78 is 5.25. The molecule has 0 radical (unpaired) electrons. The van der Waals surface area contributed by atoms with Gasteiger partial charge in [0.2, 0.25) is 0 Å². The molecule has 0 unspecified atom stereocenters. The van der Waals surface area contributed by atoms with Crippen molar-refractivity contribution in [3.8, 4) is 0 Å². The lowest BCUT2D eigenvalue weighted by molar-refractivity contribution is -0.138. The Hall–Kier alpha value is -1.55. The summed E-state index contributed by atoms with van der Waals surface area (Å²) in [6.45, 7) is 6.55. The van der Waals surface area contributed by atoms with Gasteiger partial charge in [0.15, 0.2) is 0 Å². The Morgan fingerprint density at radius 2 is 2.47 bits per heavy atom. The van der Waals surface area contributed by atoms with Gasteiger partial charge >= 0.3 is 5.97 Å². The van der Waals surface area contributed by atoms with E-state index in [1.165, 1.54) is 0 Å². The van der Waals surface area contributed by atoms with Crippen molar-refractivity contribution in [2.45, 2.75) is 13.5 Å². The summed E-state index contributed by atoms with van der Waals surface area (Å²) in [4.78, 5) is 12.3. The van der Waals surface area contributed by atoms with E-state index >= 15 is 0 Å². The van der Waals surface area contributed by atoms with Gasteiger partial charge in [0.25, 0.3) is 0 Å². The van der Waals surface area contributed by atoms with Gasteiger partial charge in [0.05, 0.1) is 19.4 Å². The zero-order valence-corrected chi connectivity index (χ0v) is 8.77. The summed E-state index contributed by atoms with van der Waals surface area (Å²) in [7, 11) is 0. The first-order chi connectivity index (χ1) is 7.13. The Morgan fingerprint density at radius 3 is 2.93 bits per heavy atom. The van der Waals surface area contributed by atoms with Gasteiger partial charge in [-0.3, -0.25) is 9.69 Å². The molecule has 15 heavy (non-hydrogen) atoms. The molecule has 1 heterocycles. The Labute approximate surface area is 88.8 Å². The van der Waals surface area contributed by atoms with E-state index in [9.17, 15) is 4.79 Å². The third-order valence-corrected chi connectivity index (χ3v) is 2.08. The van der Waals surface area contributed by atoms with Crippen molar-refractivity contribution in [1.82, 2.24) is 4.90 Å². The first-order valence-corrected chi connectivity index (χ1v) is 4.71. The zero-order chi connectivity index (χ0) is 11.3. The lowest BCUT2D eigenvalue weighted by Gasteiger charge is -2.16. The van der Waals surface area contributed by atoms with Crippen LogP contribution < -0.4 is 0 Å². The molecule has 0 amide bonds. The van der Waals surface area contributed by atoms with E-state index in [0.29, 0.717) is 13.1 Å². The molecule has 0 saturated heterocycles. The molecule has 0 saturated carbocycles. The van der Waals surface area contributed by atoms with Crippen LogP contribution in [0.5, 0.6) is 0 Å². The maximum atomic E-state index is 10.6. The molecule has 1 N–H and O–H groups in total. The quantitative estimate of drug-likeness (QED) is 0.724. The SMILES string of the molecule is C=CCN(CC(=O)O)Cc1occc1C. The van der Waals surface area contributed by atoms with E-state index in [0.717, 1.165) is 11.3 Å². The molecule has 0 aliphatic rings. The van der Waals surface area contributed by atoms with Crippen molar-refractivity contribution in [2.75, 3.05) is 13.1 Å². The second-order valence-electron chi connectivity index (χ2n) is 3.38. The van der Waals surface area contributed by atoms with Crippen molar-refractivity contribution in [3.05, 3.63) is 36.3 Å². The number of hydrogen-bond acceptors (Lipinski definition) is 3. The van der Waals surface area contributed by atoms with Crippen molar-refractivity contribution < 1.29 is 14.3 Å². The third-order valence-electron chi connectivity index (χ3n) is 2.08. The lowest BCUT2D eigenvalue weighted by Crippen LogP contribution is -2.29. The van der Waals surface area contributed by atoms with Gasteiger partial charge in [0, 0.05) is 6.54 Å². The molecule has 82 valence electrons. The van der Waals surface area contributed by atoms with Crippen molar-refractivity contribution in [3.63, 3.8) is 0 Å². The predicted octanol–water partition coefficient (Wildman–Crippen LogP) is 1.66. The van der Waals surface area contributed by atoms with Crippen LogP contribution in [0.2, 0.25) is 0 Å². The maximum absolute atomic E-state index is 10.6. The topological polar surface area (TPSA) is 53.7 Å². The van der Waals surface area contributed by atoms with Crippen LogP contribution in [0.3, 0.4) is 0 Å². The summed E-state index contributed by atoms with van der Waals surface area (Å²) in [6, 6.07) is 1.86. The molecule has 0 atom stereocenters. The van der Waals surface area contributed by atoms with Crippen LogP contribution in [-0.4, -0.2) is 29.1 Å². The number of carbonyl (C=O) groups is 1. The number of carboxylic acid groups (broad SMARTS) is 1. The van der Waals surface area contributed by atoms with Crippen LogP contribution >= 0.6 is 0 Å². The monoisotopic (exact) mass is 209 g/mol. The van der Waals surface area contributed by atoms with E-state index in [4.69, 9.17) is 9.52 Å². The molecule has 1 aromatic rings. The second kappa shape index (κ2) is 5.36. The van der Waals surface area contributed by atoms with Crippen LogP contribution in [0.15, 0.2) is 29.4 Å². The number of carboxylic acids is 1. The van der Waals surface area contributed by atoms with Crippen LogP contribution in [0.4, 0.5) is 0 Å². The average molecular weight is 209 g/mol. The minimum atomic E-state index is -0.846. The van der Waals surface area contributed by atoms with Crippen LogP contribution in [0, 0.1) is 6.92 Å². The Bertz CT molecular complexity index is 343. The highest BCUT2D eigenvalue weighted by Gasteiger charge is 2.11. The van der Waals surface area contributed by atoms with E-state index in [1.54, 1.807) is 17.2 Å². The third kappa shape index (κ3) is 3.59. The Balaban J connectivity index is 2.61. The highest BCUT2D eigenvalue weighted by molar-refractivity contribution is 5.69. The second-order valence-corrected chi connectivity index (χ2v) is 3.38. The summed E-state index contributed by atoms with van der Waals surface area (Å²) in [6.07, 6.45) is 3.29. The van der Waals surface area contributed by atoms with E-state index in [2.05, 4.69) is 6.58 Å². The predicted molar refractivity (Wildman–Crippen MR) is 56.6 cm³/mol. The first kappa shape index (κ1) is 11.5. The average Bonchev–Trinajstić information content (AvgIpc) is 2.51. The summed E-state index contributed by atoms with van der Waals surface area (Å²) in [5, 5.41) is 8.70. The Morgan fingerprint density at radius 1 is 1.73 bits per heavy atom. The minimum Gasteiger partial charge on any atom is -0.480 e. The molecular weight excluding hydrogens is 194 g/mol. The molecule has 1 rings (SSSR count). The van der Waals surface area contributed by atoms with Crippen LogP contribution in [0.1, 0.15) is 11.3 Å². The van der Waals surface area contributed by atoms with Crippen molar-refractivity contribution >= 4 is 5.97 Å². The van der Waals surface area contributed by atoms with Gasteiger partial charge in [-0.15, -0.1) is 6.58 Å². The van der Waals surface area contributed by atoms with Gasteiger partial charge in [-0.25, -0.2) is 0 Å². The standard InChI is InChI=1S/C11H15NO3/c1-3-5-12(8-11(13)14)7-10-9(2)4-6-15-10/h3-4,6H,1,5,7-8H2,2H3,(H,13,14). The fourth-order valence-corrected chi connectivity index (χ4v) is 1.33. The van der Waals surface area contributed by atoms with Crippen LogP contribution in [-0.2, 0) is 11.3 Å². The molecule has 4 nitrogen and oxygen atoms in total.